The van der Waals surface area contributed by atoms with E-state index in [1.807, 2.05) is 40.9 Å². The average molecular weight is 629 g/mol. The first-order valence-electron chi connectivity index (χ1n) is 14.8. The van der Waals surface area contributed by atoms with Crippen LogP contribution in [-0.4, -0.2) is 13.2 Å². The molecule has 3 aromatic heterocycles. The summed E-state index contributed by atoms with van der Waals surface area (Å²) in [6.45, 7) is 7.69. The monoisotopic (exact) mass is 628 g/mol. The Balaban J connectivity index is 0.000000107. The van der Waals surface area contributed by atoms with Crippen molar-refractivity contribution in [1.29, 1.82) is 0 Å². The molecule has 0 bridgehead atoms. The molecular formula is C39H32O2S3. The molecule has 4 heterocycles. The fourth-order valence-corrected chi connectivity index (χ4v) is 8.91. The molecule has 0 atom stereocenters. The molecule has 0 unspecified atom stereocenters. The van der Waals surface area contributed by atoms with Gasteiger partial charge in [-0.15, -0.1) is 34.0 Å². The van der Waals surface area contributed by atoms with Gasteiger partial charge in [0.25, 0.3) is 0 Å². The van der Waals surface area contributed by atoms with Crippen LogP contribution in [0.5, 0.6) is 11.5 Å². The van der Waals surface area contributed by atoms with Gasteiger partial charge in [0, 0.05) is 45.2 Å². The van der Waals surface area contributed by atoms with Crippen molar-refractivity contribution in [2.24, 2.45) is 0 Å². The van der Waals surface area contributed by atoms with Gasteiger partial charge in [-0.3, -0.25) is 0 Å². The first-order chi connectivity index (χ1) is 21.6. The zero-order valence-electron chi connectivity index (χ0n) is 24.9. The number of hydrogen-bond donors (Lipinski definition) is 0. The second-order valence-corrected chi connectivity index (χ2v) is 14.2. The van der Waals surface area contributed by atoms with Crippen LogP contribution in [-0.2, 0) is 0 Å². The van der Waals surface area contributed by atoms with E-state index in [1.54, 1.807) is 11.3 Å². The maximum absolute atomic E-state index is 5.72. The third-order valence-electron chi connectivity index (χ3n) is 7.73. The van der Waals surface area contributed by atoms with Crippen molar-refractivity contribution in [3.05, 3.63) is 131 Å². The highest BCUT2D eigenvalue weighted by molar-refractivity contribution is 7.26. The van der Waals surface area contributed by atoms with Crippen LogP contribution in [0, 0.1) is 20.8 Å². The number of aryl methyl sites for hydroxylation is 3. The molecule has 0 N–H and O–H groups in total. The lowest BCUT2D eigenvalue weighted by molar-refractivity contribution is 0.173. The fraction of sp³-hybridized carbons (Fsp3) is 0.128. The van der Waals surface area contributed by atoms with E-state index in [-0.39, 0.29) is 0 Å². The summed E-state index contributed by atoms with van der Waals surface area (Å²) in [6.07, 6.45) is 0. The Hall–Kier alpha value is -4.16. The topological polar surface area (TPSA) is 18.5 Å². The summed E-state index contributed by atoms with van der Waals surface area (Å²) in [6, 6.07) is 40.7. The van der Waals surface area contributed by atoms with E-state index < -0.39 is 0 Å². The van der Waals surface area contributed by atoms with Crippen molar-refractivity contribution in [2.75, 3.05) is 13.2 Å². The first-order valence-corrected chi connectivity index (χ1v) is 17.2. The van der Waals surface area contributed by atoms with E-state index in [2.05, 4.69) is 118 Å². The van der Waals surface area contributed by atoms with Gasteiger partial charge in [-0.05, 0) is 56.2 Å². The lowest BCUT2D eigenvalue weighted by atomic mass is 10.1. The predicted molar refractivity (Wildman–Crippen MR) is 194 cm³/mol. The predicted octanol–water partition coefficient (Wildman–Crippen LogP) is 12.2. The lowest BCUT2D eigenvalue weighted by Crippen LogP contribution is -2.14. The summed E-state index contributed by atoms with van der Waals surface area (Å²) < 4.78 is 16.9. The molecule has 218 valence electrons. The number of hydrogen-bond acceptors (Lipinski definition) is 5. The summed E-state index contributed by atoms with van der Waals surface area (Å²) in [7, 11) is 0. The average Bonchev–Trinajstić information content (AvgIpc) is 3.74. The maximum Gasteiger partial charge on any atom is 0.180 e. The highest BCUT2D eigenvalue weighted by Crippen LogP contribution is 2.48. The highest BCUT2D eigenvalue weighted by Gasteiger charge is 2.22. The summed E-state index contributed by atoms with van der Waals surface area (Å²) in [5.41, 5.74) is 3.91. The van der Waals surface area contributed by atoms with Crippen LogP contribution in [0.3, 0.4) is 0 Å². The van der Waals surface area contributed by atoms with Crippen molar-refractivity contribution in [1.82, 2.24) is 0 Å². The Morgan fingerprint density at radius 1 is 0.500 bits per heavy atom. The number of thiophene rings is 3. The molecule has 44 heavy (non-hydrogen) atoms. The minimum Gasteiger partial charge on any atom is -0.485 e. The van der Waals surface area contributed by atoms with Crippen molar-refractivity contribution < 1.29 is 9.47 Å². The smallest absolute Gasteiger partial charge is 0.180 e. The van der Waals surface area contributed by atoms with Crippen molar-refractivity contribution in [2.45, 2.75) is 20.8 Å². The molecule has 0 amide bonds. The van der Waals surface area contributed by atoms with Gasteiger partial charge in [0.15, 0.2) is 11.5 Å². The Morgan fingerprint density at radius 2 is 1.11 bits per heavy atom. The Bertz CT molecular complexity index is 2210. The highest BCUT2D eigenvalue weighted by atomic mass is 32.1. The molecule has 5 aromatic carbocycles. The van der Waals surface area contributed by atoms with E-state index in [1.165, 1.54) is 66.8 Å². The molecule has 8 aromatic rings. The summed E-state index contributed by atoms with van der Waals surface area (Å²) in [5.74, 6) is 1.84. The quantitative estimate of drug-likeness (QED) is 0.180. The minimum absolute atomic E-state index is 0.642. The molecular weight excluding hydrogens is 597 g/mol. The number of fused-ring (bicyclic) bond motifs is 7. The molecule has 1 aliphatic rings. The molecule has 1 aliphatic heterocycles. The van der Waals surface area contributed by atoms with Crippen molar-refractivity contribution in [3.63, 3.8) is 0 Å². The van der Waals surface area contributed by atoms with Crippen LogP contribution in [0.15, 0.2) is 115 Å². The zero-order chi connectivity index (χ0) is 30.0. The van der Waals surface area contributed by atoms with E-state index in [4.69, 9.17) is 9.47 Å². The Labute approximate surface area is 269 Å². The number of ether oxygens (including phenoxy) is 2. The molecule has 0 saturated heterocycles. The van der Waals surface area contributed by atoms with Gasteiger partial charge in [0.1, 0.15) is 13.2 Å². The Kier molecular flexibility index (Phi) is 8.09. The minimum atomic E-state index is 0.642. The largest absolute Gasteiger partial charge is 0.485 e. The van der Waals surface area contributed by atoms with Gasteiger partial charge >= 0.3 is 0 Å². The summed E-state index contributed by atoms with van der Waals surface area (Å²) >= 11 is 5.49. The SMILES string of the molecule is Cc1ccc2sc3ccccc3c2c1.Cc1cccc2c1sc1ccccc12.Cc1sc(-c2ccccc2)c2c1OCCO2. The Morgan fingerprint density at radius 3 is 1.89 bits per heavy atom. The molecule has 5 heteroatoms. The van der Waals surface area contributed by atoms with Crippen molar-refractivity contribution >= 4 is 74.4 Å². The van der Waals surface area contributed by atoms with Crippen molar-refractivity contribution in [3.8, 4) is 21.9 Å². The normalized spacial score (nSPS) is 12.2. The standard InChI is InChI=1S/C13H12O2S.2C13H10S/c1-9-11-12(15-8-7-14-11)13(16-9)10-5-3-2-4-6-10;1-9-5-4-7-11-10-6-2-3-8-12(10)14-13(9)11;1-9-6-7-13-11(8-9)10-4-2-3-5-12(10)14-13/h2-6H,7-8H2,1H3;2*2-8H,1H3. The molecule has 0 radical (unpaired) electrons. The van der Waals surface area contributed by atoms with Crippen LogP contribution in [0.1, 0.15) is 16.0 Å². The van der Waals surface area contributed by atoms with Crippen LogP contribution < -0.4 is 9.47 Å². The summed E-state index contributed by atoms with van der Waals surface area (Å²) in [4.78, 5) is 2.36. The maximum atomic E-state index is 5.72. The van der Waals surface area contributed by atoms with E-state index in [0.717, 1.165) is 11.5 Å². The summed E-state index contributed by atoms with van der Waals surface area (Å²) in [5, 5.41) is 5.56. The molecule has 0 spiro atoms. The third kappa shape index (κ3) is 5.59. The van der Waals surface area contributed by atoms with Gasteiger partial charge in [0.2, 0.25) is 0 Å². The second-order valence-electron chi connectivity index (χ2n) is 10.9. The van der Waals surface area contributed by atoms with Gasteiger partial charge in [-0.25, -0.2) is 0 Å². The van der Waals surface area contributed by atoms with Crippen LogP contribution in [0.25, 0.3) is 50.8 Å². The number of rotatable bonds is 1. The zero-order valence-corrected chi connectivity index (χ0v) is 27.4. The van der Waals surface area contributed by atoms with Gasteiger partial charge in [-0.1, -0.05) is 96.6 Å². The number of benzene rings is 5. The molecule has 9 rings (SSSR count). The second kappa shape index (κ2) is 12.4. The van der Waals surface area contributed by atoms with E-state index in [0.29, 0.717) is 13.2 Å². The van der Waals surface area contributed by atoms with Gasteiger partial charge in [-0.2, -0.15) is 0 Å². The van der Waals surface area contributed by atoms with Crippen LogP contribution in [0.2, 0.25) is 0 Å². The van der Waals surface area contributed by atoms with Gasteiger partial charge < -0.3 is 9.47 Å². The fourth-order valence-electron chi connectivity index (χ4n) is 5.60. The molecule has 0 aliphatic carbocycles. The van der Waals surface area contributed by atoms with Crippen LogP contribution >= 0.6 is 34.0 Å². The van der Waals surface area contributed by atoms with E-state index in [9.17, 15) is 0 Å². The molecule has 0 fully saturated rings. The van der Waals surface area contributed by atoms with E-state index >= 15 is 0 Å². The molecule has 0 saturated carbocycles. The lowest BCUT2D eigenvalue weighted by Gasteiger charge is -2.16. The van der Waals surface area contributed by atoms with Gasteiger partial charge in [0.05, 0.1) is 4.88 Å². The third-order valence-corrected chi connectivity index (χ3v) is 11.3. The first kappa shape index (κ1) is 28.6. The van der Waals surface area contributed by atoms with Crippen LogP contribution in [0.4, 0.5) is 0 Å². The molecule has 2 nitrogen and oxygen atoms in total.